The van der Waals surface area contributed by atoms with Crippen molar-refractivity contribution < 1.29 is 4.79 Å². The first-order valence-corrected chi connectivity index (χ1v) is 7.32. The van der Waals surface area contributed by atoms with Gasteiger partial charge >= 0.3 is 0 Å². The molecule has 4 nitrogen and oxygen atoms in total. The maximum Gasteiger partial charge on any atom is 0.260 e. The van der Waals surface area contributed by atoms with Gasteiger partial charge in [0.25, 0.3) is 5.91 Å². The lowest BCUT2D eigenvalue weighted by atomic mass is 10.1. The summed E-state index contributed by atoms with van der Waals surface area (Å²) >= 11 is 0. The van der Waals surface area contributed by atoms with E-state index in [9.17, 15) is 4.79 Å². The van der Waals surface area contributed by atoms with Crippen LogP contribution in [0, 0.1) is 0 Å². The lowest BCUT2D eigenvalue weighted by Gasteiger charge is -2.22. The molecule has 2 heterocycles. The van der Waals surface area contributed by atoms with Crippen LogP contribution >= 0.6 is 0 Å². The number of amides is 1. The summed E-state index contributed by atoms with van der Waals surface area (Å²) in [5.41, 5.74) is 2.88. The number of nitrogens with one attached hydrogen (secondary N) is 1. The number of para-hydroxylation sites is 1. The molecular formula is C17H19N3O. The molecule has 1 unspecified atom stereocenters. The molecule has 0 aliphatic carbocycles. The van der Waals surface area contributed by atoms with E-state index in [0.717, 1.165) is 24.5 Å². The lowest BCUT2D eigenvalue weighted by molar-refractivity contribution is 0.0981. The average Bonchev–Trinajstić information content (AvgIpc) is 2.83. The molecule has 4 heteroatoms. The minimum atomic E-state index is 0.0167. The standard InChI is InChI=1S/C17H19N3O/c1-3-18-16-9-8-14(11-19-16)17(21)20-12(2)10-13-6-4-5-7-15(13)20/h4-9,11-12H,3,10H2,1-2H3,(H,18,19). The van der Waals surface area contributed by atoms with Gasteiger partial charge in [-0.05, 0) is 44.0 Å². The summed E-state index contributed by atoms with van der Waals surface area (Å²) in [6.45, 7) is 4.92. The van der Waals surface area contributed by atoms with Crippen molar-refractivity contribution in [3.8, 4) is 0 Å². The summed E-state index contributed by atoms with van der Waals surface area (Å²) in [5, 5.41) is 3.13. The van der Waals surface area contributed by atoms with Crippen molar-refractivity contribution in [1.82, 2.24) is 4.98 Å². The molecule has 1 atom stereocenters. The second-order valence-corrected chi connectivity index (χ2v) is 5.32. The zero-order valence-electron chi connectivity index (χ0n) is 12.3. The zero-order chi connectivity index (χ0) is 14.8. The van der Waals surface area contributed by atoms with Crippen LogP contribution in [0.4, 0.5) is 11.5 Å². The SMILES string of the molecule is CCNc1ccc(C(=O)N2c3ccccc3CC2C)cn1. The highest BCUT2D eigenvalue weighted by Gasteiger charge is 2.31. The van der Waals surface area contributed by atoms with E-state index in [0.29, 0.717) is 5.56 Å². The Morgan fingerprint density at radius 2 is 2.14 bits per heavy atom. The number of nitrogens with zero attached hydrogens (tertiary/aromatic N) is 2. The average molecular weight is 281 g/mol. The Hall–Kier alpha value is -2.36. The summed E-state index contributed by atoms with van der Waals surface area (Å²) in [6.07, 6.45) is 2.55. The Bertz CT molecular complexity index is 651. The minimum Gasteiger partial charge on any atom is -0.370 e. The second-order valence-electron chi connectivity index (χ2n) is 5.32. The number of hydrogen-bond acceptors (Lipinski definition) is 3. The molecule has 0 fully saturated rings. The predicted octanol–water partition coefficient (Wildman–Crippen LogP) is 3.10. The molecule has 2 aromatic rings. The molecule has 0 radical (unpaired) electrons. The number of benzene rings is 1. The van der Waals surface area contributed by atoms with Gasteiger partial charge in [0.15, 0.2) is 0 Å². The smallest absolute Gasteiger partial charge is 0.260 e. The van der Waals surface area contributed by atoms with Crippen LogP contribution in [0.25, 0.3) is 0 Å². The molecule has 108 valence electrons. The third kappa shape index (κ3) is 2.49. The Morgan fingerprint density at radius 3 is 2.86 bits per heavy atom. The normalized spacial score (nSPS) is 16.7. The van der Waals surface area contributed by atoms with Gasteiger partial charge in [-0.2, -0.15) is 0 Å². The Labute approximate surface area is 124 Å². The molecule has 1 N–H and O–H groups in total. The molecule has 0 bridgehead atoms. The molecule has 1 aliphatic rings. The number of pyridine rings is 1. The molecule has 1 aromatic heterocycles. The van der Waals surface area contributed by atoms with Gasteiger partial charge in [0.2, 0.25) is 0 Å². The van der Waals surface area contributed by atoms with E-state index in [1.54, 1.807) is 6.20 Å². The van der Waals surface area contributed by atoms with E-state index in [1.165, 1.54) is 5.56 Å². The summed E-state index contributed by atoms with van der Waals surface area (Å²) in [7, 11) is 0. The van der Waals surface area contributed by atoms with Crippen LogP contribution in [0.2, 0.25) is 0 Å². The Kier molecular flexibility index (Phi) is 3.60. The van der Waals surface area contributed by atoms with Gasteiger partial charge in [0.05, 0.1) is 5.56 Å². The molecule has 0 saturated carbocycles. The van der Waals surface area contributed by atoms with Gasteiger partial charge in [-0.15, -0.1) is 0 Å². The van der Waals surface area contributed by atoms with E-state index in [-0.39, 0.29) is 11.9 Å². The Balaban J connectivity index is 1.88. The molecule has 0 saturated heterocycles. The number of hydrogen-bond donors (Lipinski definition) is 1. The first-order chi connectivity index (χ1) is 10.2. The Morgan fingerprint density at radius 1 is 1.33 bits per heavy atom. The van der Waals surface area contributed by atoms with Crippen molar-refractivity contribution in [2.24, 2.45) is 0 Å². The quantitative estimate of drug-likeness (QED) is 0.940. The summed E-state index contributed by atoms with van der Waals surface area (Å²) in [6, 6.07) is 12.0. The maximum atomic E-state index is 12.8. The van der Waals surface area contributed by atoms with E-state index < -0.39 is 0 Å². The van der Waals surface area contributed by atoms with Crippen LogP contribution in [0.3, 0.4) is 0 Å². The molecule has 1 aromatic carbocycles. The topological polar surface area (TPSA) is 45.2 Å². The van der Waals surface area contributed by atoms with Gasteiger partial charge in [-0.3, -0.25) is 4.79 Å². The molecule has 3 rings (SSSR count). The number of carbonyl (C=O) groups is 1. The summed E-state index contributed by atoms with van der Waals surface area (Å²) in [4.78, 5) is 18.9. The number of aromatic nitrogens is 1. The monoisotopic (exact) mass is 281 g/mol. The van der Waals surface area contributed by atoms with Crippen molar-refractivity contribution >= 4 is 17.4 Å². The first kappa shape index (κ1) is 13.6. The highest BCUT2D eigenvalue weighted by Crippen LogP contribution is 2.32. The van der Waals surface area contributed by atoms with Gasteiger partial charge in [-0.25, -0.2) is 4.98 Å². The predicted molar refractivity (Wildman–Crippen MR) is 84.8 cm³/mol. The van der Waals surface area contributed by atoms with E-state index in [2.05, 4.69) is 23.3 Å². The minimum absolute atomic E-state index is 0.0167. The van der Waals surface area contributed by atoms with Crippen molar-refractivity contribution in [2.75, 3.05) is 16.8 Å². The third-order valence-corrected chi connectivity index (χ3v) is 3.79. The van der Waals surface area contributed by atoms with E-state index in [1.807, 2.05) is 42.2 Å². The van der Waals surface area contributed by atoms with Crippen molar-refractivity contribution in [2.45, 2.75) is 26.3 Å². The van der Waals surface area contributed by atoms with Crippen LogP contribution < -0.4 is 10.2 Å². The van der Waals surface area contributed by atoms with Gasteiger partial charge in [0.1, 0.15) is 5.82 Å². The second kappa shape index (κ2) is 5.56. The number of fused-ring (bicyclic) bond motifs is 1. The van der Waals surface area contributed by atoms with Crippen molar-refractivity contribution in [1.29, 1.82) is 0 Å². The van der Waals surface area contributed by atoms with E-state index in [4.69, 9.17) is 0 Å². The maximum absolute atomic E-state index is 12.8. The summed E-state index contributed by atoms with van der Waals surface area (Å²) in [5.74, 6) is 0.812. The van der Waals surface area contributed by atoms with Crippen molar-refractivity contribution in [3.05, 3.63) is 53.7 Å². The fourth-order valence-electron chi connectivity index (χ4n) is 2.82. The highest BCUT2D eigenvalue weighted by atomic mass is 16.2. The van der Waals surface area contributed by atoms with Gasteiger partial charge in [-0.1, -0.05) is 18.2 Å². The van der Waals surface area contributed by atoms with E-state index >= 15 is 0 Å². The van der Waals surface area contributed by atoms with Crippen molar-refractivity contribution in [3.63, 3.8) is 0 Å². The number of rotatable bonds is 3. The fourth-order valence-corrected chi connectivity index (χ4v) is 2.82. The highest BCUT2D eigenvalue weighted by molar-refractivity contribution is 6.07. The number of anilines is 2. The summed E-state index contributed by atoms with van der Waals surface area (Å²) < 4.78 is 0. The molecule has 1 amide bonds. The molecular weight excluding hydrogens is 262 g/mol. The van der Waals surface area contributed by atoms with Crippen LogP contribution in [0.1, 0.15) is 29.8 Å². The molecule has 1 aliphatic heterocycles. The van der Waals surface area contributed by atoms with Gasteiger partial charge in [0, 0.05) is 24.5 Å². The van der Waals surface area contributed by atoms with Crippen LogP contribution in [-0.2, 0) is 6.42 Å². The number of carbonyl (C=O) groups excluding carboxylic acids is 1. The fraction of sp³-hybridized carbons (Fsp3) is 0.294. The lowest BCUT2D eigenvalue weighted by Crippen LogP contribution is -2.35. The van der Waals surface area contributed by atoms with Gasteiger partial charge < -0.3 is 10.2 Å². The molecule has 0 spiro atoms. The zero-order valence-corrected chi connectivity index (χ0v) is 12.3. The largest absolute Gasteiger partial charge is 0.370 e. The third-order valence-electron chi connectivity index (χ3n) is 3.79. The first-order valence-electron chi connectivity index (χ1n) is 7.32. The van der Waals surface area contributed by atoms with Crippen LogP contribution in [0.5, 0.6) is 0 Å². The molecule has 21 heavy (non-hydrogen) atoms. The van der Waals surface area contributed by atoms with Crippen LogP contribution in [0.15, 0.2) is 42.6 Å². The van der Waals surface area contributed by atoms with Crippen LogP contribution in [-0.4, -0.2) is 23.5 Å².